The van der Waals surface area contributed by atoms with Crippen molar-refractivity contribution in [2.24, 2.45) is 5.84 Å². The number of hydrogen-bond donors (Lipinski definition) is 3. The standard InChI is InChI=1S/C14H16N4O/c1-9-6-10(2)8-11(7-9)16-14(19)12-4-3-5-13(17-12)18-15/h3-8H,15H2,1-2H3,(H,16,19)(H,17,18). The Labute approximate surface area is 111 Å². The molecule has 1 heterocycles. The third kappa shape index (κ3) is 3.29. The van der Waals surface area contributed by atoms with Crippen LogP contribution in [0.1, 0.15) is 21.6 Å². The Morgan fingerprint density at radius 2 is 1.84 bits per heavy atom. The second kappa shape index (κ2) is 5.49. The van der Waals surface area contributed by atoms with Crippen molar-refractivity contribution in [3.8, 4) is 0 Å². The first-order valence-corrected chi connectivity index (χ1v) is 5.92. The number of amides is 1. The molecule has 0 saturated heterocycles. The summed E-state index contributed by atoms with van der Waals surface area (Å²) in [5, 5.41) is 2.82. The molecule has 4 N–H and O–H groups in total. The zero-order chi connectivity index (χ0) is 13.8. The summed E-state index contributed by atoms with van der Waals surface area (Å²) in [5.74, 6) is 5.46. The van der Waals surface area contributed by atoms with E-state index >= 15 is 0 Å². The molecule has 0 radical (unpaired) electrons. The lowest BCUT2D eigenvalue weighted by Gasteiger charge is -2.08. The number of rotatable bonds is 3. The van der Waals surface area contributed by atoms with E-state index in [2.05, 4.69) is 15.7 Å². The first kappa shape index (κ1) is 13.0. The molecule has 0 saturated carbocycles. The molecule has 5 nitrogen and oxygen atoms in total. The van der Waals surface area contributed by atoms with Crippen molar-refractivity contribution in [1.29, 1.82) is 0 Å². The van der Waals surface area contributed by atoms with Gasteiger partial charge in [0, 0.05) is 5.69 Å². The van der Waals surface area contributed by atoms with Crippen molar-refractivity contribution in [3.63, 3.8) is 0 Å². The van der Waals surface area contributed by atoms with Gasteiger partial charge in [-0.25, -0.2) is 10.8 Å². The van der Waals surface area contributed by atoms with Gasteiger partial charge in [-0.3, -0.25) is 4.79 Å². The fourth-order valence-electron chi connectivity index (χ4n) is 1.88. The number of hydrazine groups is 1. The van der Waals surface area contributed by atoms with Crippen LogP contribution in [0.5, 0.6) is 0 Å². The summed E-state index contributed by atoms with van der Waals surface area (Å²) in [7, 11) is 0. The van der Waals surface area contributed by atoms with Gasteiger partial charge in [0.1, 0.15) is 11.5 Å². The van der Waals surface area contributed by atoms with Crippen molar-refractivity contribution >= 4 is 17.4 Å². The summed E-state index contributed by atoms with van der Waals surface area (Å²) in [4.78, 5) is 16.1. The number of nitrogen functional groups attached to an aromatic ring is 1. The molecule has 0 atom stereocenters. The molecule has 2 rings (SSSR count). The minimum atomic E-state index is -0.262. The molecule has 5 heteroatoms. The third-order valence-corrected chi connectivity index (χ3v) is 2.61. The fraction of sp³-hybridized carbons (Fsp3) is 0.143. The van der Waals surface area contributed by atoms with Crippen LogP contribution in [-0.4, -0.2) is 10.9 Å². The Balaban J connectivity index is 2.20. The average Bonchev–Trinajstić information content (AvgIpc) is 2.37. The molecule has 0 aliphatic heterocycles. The van der Waals surface area contributed by atoms with Crippen LogP contribution in [0.25, 0.3) is 0 Å². The van der Waals surface area contributed by atoms with Crippen LogP contribution >= 0.6 is 0 Å². The number of hydrogen-bond acceptors (Lipinski definition) is 4. The SMILES string of the molecule is Cc1cc(C)cc(NC(=O)c2cccc(NN)n2)c1. The lowest BCUT2D eigenvalue weighted by molar-refractivity contribution is 0.102. The van der Waals surface area contributed by atoms with Crippen molar-refractivity contribution in [3.05, 3.63) is 53.2 Å². The number of pyridine rings is 1. The largest absolute Gasteiger partial charge is 0.321 e. The van der Waals surface area contributed by atoms with E-state index in [0.29, 0.717) is 11.5 Å². The second-order valence-electron chi connectivity index (χ2n) is 4.38. The lowest BCUT2D eigenvalue weighted by atomic mass is 10.1. The summed E-state index contributed by atoms with van der Waals surface area (Å²) in [5.41, 5.74) is 5.68. The highest BCUT2D eigenvalue weighted by atomic mass is 16.1. The maximum Gasteiger partial charge on any atom is 0.274 e. The van der Waals surface area contributed by atoms with E-state index in [1.54, 1.807) is 18.2 Å². The molecular weight excluding hydrogens is 240 g/mol. The summed E-state index contributed by atoms with van der Waals surface area (Å²) in [6.07, 6.45) is 0. The van der Waals surface area contributed by atoms with Crippen LogP contribution in [0.2, 0.25) is 0 Å². The van der Waals surface area contributed by atoms with Crippen LogP contribution in [0.4, 0.5) is 11.5 Å². The normalized spacial score (nSPS) is 10.1. The highest BCUT2D eigenvalue weighted by molar-refractivity contribution is 6.03. The summed E-state index contributed by atoms with van der Waals surface area (Å²) in [6.45, 7) is 3.97. The number of aromatic nitrogens is 1. The average molecular weight is 256 g/mol. The molecular formula is C14H16N4O. The van der Waals surface area contributed by atoms with Gasteiger partial charge in [0.15, 0.2) is 0 Å². The molecule has 19 heavy (non-hydrogen) atoms. The summed E-state index contributed by atoms with van der Waals surface area (Å²) in [6, 6.07) is 10.9. The van der Waals surface area contributed by atoms with Crippen LogP contribution in [-0.2, 0) is 0 Å². The smallest absolute Gasteiger partial charge is 0.274 e. The van der Waals surface area contributed by atoms with E-state index in [4.69, 9.17) is 5.84 Å². The number of nitrogens with zero attached hydrogens (tertiary/aromatic N) is 1. The number of carbonyl (C=O) groups excluding carboxylic acids is 1. The number of nitrogens with one attached hydrogen (secondary N) is 2. The Kier molecular flexibility index (Phi) is 3.77. The fourth-order valence-corrected chi connectivity index (χ4v) is 1.88. The first-order chi connectivity index (χ1) is 9.08. The third-order valence-electron chi connectivity index (χ3n) is 2.61. The van der Waals surface area contributed by atoms with Crippen molar-refractivity contribution in [1.82, 2.24) is 4.98 Å². The van der Waals surface area contributed by atoms with Gasteiger partial charge < -0.3 is 10.7 Å². The molecule has 0 bridgehead atoms. The molecule has 0 unspecified atom stereocenters. The second-order valence-corrected chi connectivity index (χ2v) is 4.38. The monoisotopic (exact) mass is 256 g/mol. The number of benzene rings is 1. The molecule has 2 aromatic rings. The van der Waals surface area contributed by atoms with Crippen LogP contribution in [0, 0.1) is 13.8 Å². The maximum atomic E-state index is 12.1. The van der Waals surface area contributed by atoms with Crippen molar-refractivity contribution < 1.29 is 4.79 Å². The predicted molar refractivity (Wildman–Crippen MR) is 75.9 cm³/mol. The first-order valence-electron chi connectivity index (χ1n) is 5.92. The maximum absolute atomic E-state index is 12.1. The Bertz CT molecular complexity index is 590. The van der Waals surface area contributed by atoms with Crippen molar-refractivity contribution in [2.45, 2.75) is 13.8 Å². The van der Waals surface area contributed by atoms with Gasteiger partial charge in [0.05, 0.1) is 0 Å². The van der Waals surface area contributed by atoms with Crippen LogP contribution < -0.4 is 16.6 Å². The zero-order valence-corrected chi connectivity index (χ0v) is 10.9. The Hall–Kier alpha value is -2.40. The molecule has 0 spiro atoms. The van der Waals surface area contributed by atoms with Gasteiger partial charge in [-0.05, 0) is 49.2 Å². The number of anilines is 2. The minimum absolute atomic E-state index is 0.262. The van der Waals surface area contributed by atoms with E-state index in [9.17, 15) is 4.79 Å². The highest BCUT2D eigenvalue weighted by Crippen LogP contribution is 2.15. The van der Waals surface area contributed by atoms with Gasteiger partial charge >= 0.3 is 0 Å². The van der Waals surface area contributed by atoms with Gasteiger partial charge in [0.2, 0.25) is 0 Å². The van der Waals surface area contributed by atoms with Crippen molar-refractivity contribution in [2.75, 3.05) is 10.7 Å². The van der Waals surface area contributed by atoms with Crippen LogP contribution in [0.3, 0.4) is 0 Å². The quantitative estimate of drug-likeness (QED) is 0.581. The van der Waals surface area contributed by atoms with E-state index in [1.807, 2.05) is 32.0 Å². The van der Waals surface area contributed by atoms with Gasteiger partial charge in [-0.15, -0.1) is 0 Å². The van der Waals surface area contributed by atoms with Gasteiger partial charge in [-0.2, -0.15) is 0 Å². The number of nitrogens with two attached hydrogens (primary N) is 1. The van der Waals surface area contributed by atoms with Gasteiger partial charge in [-0.1, -0.05) is 12.1 Å². The number of carbonyl (C=O) groups is 1. The van der Waals surface area contributed by atoms with E-state index in [0.717, 1.165) is 16.8 Å². The molecule has 1 amide bonds. The molecule has 1 aromatic heterocycles. The van der Waals surface area contributed by atoms with Crippen LogP contribution in [0.15, 0.2) is 36.4 Å². The molecule has 1 aromatic carbocycles. The lowest BCUT2D eigenvalue weighted by Crippen LogP contribution is -2.16. The van der Waals surface area contributed by atoms with E-state index in [-0.39, 0.29) is 5.91 Å². The highest BCUT2D eigenvalue weighted by Gasteiger charge is 2.08. The molecule has 98 valence electrons. The molecule has 0 aliphatic rings. The Morgan fingerprint density at radius 3 is 2.47 bits per heavy atom. The zero-order valence-electron chi connectivity index (χ0n) is 10.9. The number of aryl methyl sites for hydroxylation is 2. The van der Waals surface area contributed by atoms with E-state index < -0.39 is 0 Å². The summed E-state index contributed by atoms with van der Waals surface area (Å²) >= 11 is 0. The minimum Gasteiger partial charge on any atom is -0.321 e. The molecule has 0 fully saturated rings. The van der Waals surface area contributed by atoms with E-state index in [1.165, 1.54) is 0 Å². The summed E-state index contributed by atoms with van der Waals surface area (Å²) < 4.78 is 0. The van der Waals surface area contributed by atoms with Gasteiger partial charge in [0.25, 0.3) is 5.91 Å². The molecule has 0 aliphatic carbocycles. The predicted octanol–water partition coefficient (Wildman–Crippen LogP) is 2.24. The Morgan fingerprint density at radius 1 is 1.16 bits per heavy atom. The topological polar surface area (TPSA) is 80.0 Å².